The summed E-state index contributed by atoms with van der Waals surface area (Å²) in [5.41, 5.74) is 1.23. The number of hydrogen-bond acceptors (Lipinski definition) is 4. The van der Waals surface area contributed by atoms with E-state index < -0.39 is 5.97 Å². The quantitative estimate of drug-likeness (QED) is 0.881. The van der Waals surface area contributed by atoms with Crippen molar-refractivity contribution in [3.05, 3.63) is 24.0 Å². The molecule has 0 aromatic carbocycles. The van der Waals surface area contributed by atoms with Gasteiger partial charge in [0.25, 0.3) is 5.91 Å². The van der Waals surface area contributed by atoms with Gasteiger partial charge in [0.2, 0.25) is 0 Å². The van der Waals surface area contributed by atoms with Crippen LogP contribution in [0.3, 0.4) is 0 Å². The predicted molar refractivity (Wildman–Crippen MR) is 81.7 cm³/mol. The Morgan fingerprint density at radius 3 is 2.73 bits per heavy atom. The van der Waals surface area contributed by atoms with Crippen molar-refractivity contribution in [2.24, 2.45) is 0 Å². The molecule has 0 saturated carbocycles. The molecule has 0 spiro atoms. The van der Waals surface area contributed by atoms with E-state index in [0.29, 0.717) is 18.5 Å². The lowest BCUT2D eigenvalue weighted by Gasteiger charge is -2.16. The van der Waals surface area contributed by atoms with Gasteiger partial charge in [0.05, 0.1) is 11.8 Å². The average molecular weight is 304 g/mol. The number of aromatic nitrogens is 3. The first-order valence-electron chi connectivity index (χ1n) is 7.20. The fourth-order valence-electron chi connectivity index (χ4n) is 2.22. The Balaban J connectivity index is 2.13. The maximum atomic E-state index is 12.3. The Morgan fingerprint density at radius 2 is 2.09 bits per heavy atom. The predicted octanol–water partition coefficient (Wildman–Crippen LogP) is 1.95. The van der Waals surface area contributed by atoms with Gasteiger partial charge in [-0.2, -0.15) is 5.10 Å². The molecule has 2 aromatic heterocycles. The minimum Gasteiger partial charge on any atom is -0.481 e. The molecule has 0 unspecified atom stereocenters. The van der Waals surface area contributed by atoms with Crippen molar-refractivity contribution < 1.29 is 14.7 Å². The van der Waals surface area contributed by atoms with Crippen LogP contribution in [0.5, 0.6) is 0 Å². The summed E-state index contributed by atoms with van der Waals surface area (Å²) in [6, 6.07) is 1.97. The average Bonchev–Trinajstić information content (AvgIpc) is 2.88. The molecular weight excluding hydrogens is 284 g/mol. The Bertz CT molecular complexity index is 693. The third-order valence-electron chi connectivity index (χ3n) is 3.40. The normalized spacial score (nSPS) is 11.1. The highest BCUT2D eigenvalue weighted by Gasteiger charge is 2.15. The van der Waals surface area contributed by atoms with Gasteiger partial charge in [-0.1, -0.05) is 0 Å². The van der Waals surface area contributed by atoms with Crippen LogP contribution >= 0.6 is 0 Å². The molecule has 118 valence electrons. The van der Waals surface area contributed by atoms with Crippen LogP contribution in [0.15, 0.2) is 18.5 Å². The number of hydrogen-bond donors (Lipinski definition) is 1. The number of carbonyl (C=O) groups excluding carboxylic acids is 1. The summed E-state index contributed by atoms with van der Waals surface area (Å²) >= 11 is 0. The number of aliphatic carboxylic acids is 1. The minimum absolute atomic E-state index is 0.0517. The van der Waals surface area contributed by atoms with Crippen LogP contribution in [0.2, 0.25) is 0 Å². The molecule has 0 atom stereocenters. The van der Waals surface area contributed by atoms with Crippen molar-refractivity contribution in [2.75, 3.05) is 13.6 Å². The van der Waals surface area contributed by atoms with Gasteiger partial charge >= 0.3 is 5.97 Å². The van der Waals surface area contributed by atoms with Gasteiger partial charge in [-0.3, -0.25) is 9.59 Å². The zero-order chi connectivity index (χ0) is 16.3. The lowest BCUT2D eigenvalue weighted by Crippen LogP contribution is -2.28. The van der Waals surface area contributed by atoms with Crippen molar-refractivity contribution in [2.45, 2.75) is 32.7 Å². The third-order valence-corrected chi connectivity index (χ3v) is 3.40. The highest BCUT2D eigenvalue weighted by Crippen LogP contribution is 2.17. The van der Waals surface area contributed by atoms with E-state index in [1.165, 1.54) is 4.90 Å². The maximum absolute atomic E-state index is 12.3. The number of amides is 1. The molecule has 22 heavy (non-hydrogen) atoms. The minimum atomic E-state index is -0.856. The van der Waals surface area contributed by atoms with E-state index in [9.17, 15) is 9.59 Å². The second kappa shape index (κ2) is 6.55. The van der Waals surface area contributed by atoms with Crippen molar-refractivity contribution in [3.8, 4) is 0 Å². The number of pyridine rings is 1. The number of carboxylic acids is 1. The topological polar surface area (TPSA) is 88.3 Å². The lowest BCUT2D eigenvalue weighted by atomic mass is 10.2. The molecule has 7 heteroatoms. The molecule has 1 N–H and O–H groups in total. The van der Waals surface area contributed by atoms with Crippen LogP contribution in [0.4, 0.5) is 0 Å². The van der Waals surface area contributed by atoms with Crippen LogP contribution in [0.25, 0.3) is 11.0 Å². The van der Waals surface area contributed by atoms with Crippen LogP contribution in [0, 0.1) is 0 Å². The highest BCUT2D eigenvalue weighted by atomic mass is 16.4. The molecule has 7 nitrogen and oxygen atoms in total. The van der Waals surface area contributed by atoms with E-state index in [2.05, 4.69) is 10.1 Å². The molecule has 0 aliphatic heterocycles. The molecule has 0 fully saturated rings. The first-order valence-corrected chi connectivity index (χ1v) is 7.20. The van der Waals surface area contributed by atoms with E-state index in [1.54, 1.807) is 30.2 Å². The lowest BCUT2D eigenvalue weighted by molar-refractivity contribution is -0.137. The zero-order valence-electron chi connectivity index (χ0n) is 13.0. The SMILES string of the molecule is CC(C)n1ncc2cc(C(=O)N(C)CCCC(=O)O)cnc21. The molecule has 0 aliphatic rings. The van der Waals surface area contributed by atoms with Crippen molar-refractivity contribution in [1.82, 2.24) is 19.7 Å². The first kappa shape index (κ1) is 15.9. The molecule has 0 saturated heterocycles. The molecule has 2 rings (SSSR count). The fraction of sp³-hybridized carbons (Fsp3) is 0.467. The summed E-state index contributed by atoms with van der Waals surface area (Å²) in [4.78, 5) is 28.7. The maximum Gasteiger partial charge on any atom is 0.303 e. The van der Waals surface area contributed by atoms with E-state index in [-0.39, 0.29) is 18.4 Å². The van der Waals surface area contributed by atoms with Crippen LogP contribution < -0.4 is 0 Å². The summed E-state index contributed by atoms with van der Waals surface area (Å²) in [6.07, 6.45) is 3.72. The third kappa shape index (κ3) is 3.41. The molecule has 0 bridgehead atoms. The van der Waals surface area contributed by atoms with E-state index >= 15 is 0 Å². The van der Waals surface area contributed by atoms with Gasteiger partial charge in [0, 0.05) is 37.6 Å². The van der Waals surface area contributed by atoms with Gasteiger partial charge in [-0.05, 0) is 26.3 Å². The number of rotatable bonds is 6. The molecular formula is C15H20N4O3. The van der Waals surface area contributed by atoms with E-state index in [1.807, 2.05) is 13.8 Å². The Kier molecular flexibility index (Phi) is 4.75. The zero-order valence-corrected chi connectivity index (χ0v) is 13.0. The highest BCUT2D eigenvalue weighted by molar-refractivity contribution is 5.96. The number of nitrogens with zero attached hydrogens (tertiary/aromatic N) is 4. The first-order chi connectivity index (χ1) is 10.4. The molecule has 0 radical (unpaired) electrons. The number of carbonyl (C=O) groups is 2. The van der Waals surface area contributed by atoms with Gasteiger partial charge < -0.3 is 10.0 Å². The van der Waals surface area contributed by atoms with E-state index in [4.69, 9.17) is 5.11 Å². The van der Waals surface area contributed by atoms with Crippen LogP contribution in [0.1, 0.15) is 43.1 Å². The van der Waals surface area contributed by atoms with Gasteiger partial charge in [-0.25, -0.2) is 9.67 Å². The fourth-order valence-corrected chi connectivity index (χ4v) is 2.22. The smallest absolute Gasteiger partial charge is 0.303 e. The van der Waals surface area contributed by atoms with Gasteiger partial charge in [0.1, 0.15) is 0 Å². The molecule has 1 amide bonds. The molecule has 2 aromatic rings. The van der Waals surface area contributed by atoms with E-state index in [0.717, 1.165) is 11.0 Å². The summed E-state index contributed by atoms with van der Waals surface area (Å²) in [6.45, 7) is 4.43. The Morgan fingerprint density at radius 1 is 1.36 bits per heavy atom. The van der Waals surface area contributed by atoms with Gasteiger partial charge in [-0.15, -0.1) is 0 Å². The van der Waals surface area contributed by atoms with Crippen LogP contribution in [-0.4, -0.2) is 50.2 Å². The Hall–Kier alpha value is -2.44. The summed E-state index contributed by atoms with van der Waals surface area (Å²) < 4.78 is 1.81. The second-order valence-electron chi connectivity index (χ2n) is 5.54. The largest absolute Gasteiger partial charge is 0.481 e. The van der Waals surface area contributed by atoms with Gasteiger partial charge in [0.15, 0.2) is 5.65 Å². The van der Waals surface area contributed by atoms with Crippen molar-refractivity contribution >= 4 is 22.9 Å². The Labute approximate surface area is 128 Å². The standard InChI is InChI=1S/C15H20N4O3/c1-10(2)19-14-11(9-17-19)7-12(8-16-14)15(22)18(3)6-4-5-13(20)21/h7-10H,4-6H2,1-3H3,(H,20,21). The number of carboxylic acid groups (broad SMARTS) is 1. The summed E-state index contributed by atoms with van der Waals surface area (Å²) in [5.74, 6) is -1.03. The van der Waals surface area contributed by atoms with Crippen molar-refractivity contribution in [3.63, 3.8) is 0 Å². The summed E-state index contributed by atoms with van der Waals surface area (Å²) in [5, 5.41) is 13.7. The molecule has 0 aliphatic carbocycles. The monoisotopic (exact) mass is 304 g/mol. The van der Waals surface area contributed by atoms with Crippen LogP contribution in [-0.2, 0) is 4.79 Å². The number of fused-ring (bicyclic) bond motifs is 1. The summed E-state index contributed by atoms with van der Waals surface area (Å²) in [7, 11) is 1.66. The van der Waals surface area contributed by atoms with Crippen molar-refractivity contribution in [1.29, 1.82) is 0 Å². The molecule has 2 heterocycles. The second-order valence-corrected chi connectivity index (χ2v) is 5.54.